The molecule has 0 aromatic carbocycles. The van der Waals surface area contributed by atoms with Crippen LogP contribution in [0.25, 0.3) is 0 Å². The summed E-state index contributed by atoms with van der Waals surface area (Å²) in [5, 5.41) is 18.4. The molecule has 1 aliphatic rings. The molecule has 1 saturated carbocycles. The number of hydrogen-bond acceptors (Lipinski definition) is 5. The fourth-order valence-electron chi connectivity index (χ4n) is 3.21. The third-order valence-electron chi connectivity index (χ3n) is 4.47. The Morgan fingerprint density at radius 3 is 2.87 bits per heavy atom. The number of nitrogens with zero attached hydrogens (tertiary/aromatic N) is 4. The van der Waals surface area contributed by atoms with Gasteiger partial charge in [-0.1, -0.05) is 11.6 Å². The van der Waals surface area contributed by atoms with Gasteiger partial charge >= 0.3 is 5.69 Å². The lowest BCUT2D eigenvalue weighted by Crippen LogP contribution is -2.22. The van der Waals surface area contributed by atoms with E-state index in [1.165, 1.54) is 4.68 Å². The number of halogens is 1. The summed E-state index contributed by atoms with van der Waals surface area (Å²) >= 11 is 6.07. The molecule has 2 aromatic heterocycles. The van der Waals surface area contributed by atoms with Gasteiger partial charge in [0.25, 0.3) is 0 Å². The van der Waals surface area contributed by atoms with Gasteiger partial charge < -0.3 is 10.4 Å². The number of hydrogen-bond donors (Lipinski definition) is 2. The topological polar surface area (TPSA) is 85.0 Å². The number of aromatic nitrogens is 4. The minimum Gasteiger partial charge on any atom is -0.393 e. The highest BCUT2D eigenvalue weighted by Gasteiger charge is 2.36. The van der Waals surface area contributed by atoms with Crippen LogP contribution in [0.5, 0.6) is 0 Å². The van der Waals surface area contributed by atoms with Crippen molar-refractivity contribution in [2.75, 3.05) is 11.9 Å². The molecule has 124 valence electrons. The minimum atomic E-state index is -0.438. The van der Waals surface area contributed by atoms with Gasteiger partial charge in [0.15, 0.2) is 0 Å². The van der Waals surface area contributed by atoms with Crippen LogP contribution in [0.3, 0.4) is 0 Å². The second kappa shape index (κ2) is 6.33. The second-order valence-corrected chi connectivity index (χ2v) is 6.44. The summed E-state index contributed by atoms with van der Waals surface area (Å²) in [7, 11) is 3.36. The SMILES string of the molecule is Cn1nc([C@H]2C[C@H](CNc3ncccc3Cl)[C@H](O)C2)n(C)c1=O. The van der Waals surface area contributed by atoms with Crippen LogP contribution in [-0.4, -0.2) is 37.1 Å². The molecule has 1 fully saturated rings. The van der Waals surface area contributed by atoms with Crippen LogP contribution in [0.1, 0.15) is 24.6 Å². The normalized spacial score (nSPS) is 24.1. The van der Waals surface area contributed by atoms with Gasteiger partial charge in [0, 0.05) is 38.7 Å². The predicted octanol–water partition coefficient (Wildman–Crippen LogP) is 1.13. The first-order valence-electron chi connectivity index (χ1n) is 7.59. The molecule has 23 heavy (non-hydrogen) atoms. The lowest BCUT2D eigenvalue weighted by atomic mass is 10.0. The molecule has 0 aliphatic heterocycles. The van der Waals surface area contributed by atoms with E-state index in [1.807, 2.05) is 0 Å². The van der Waals surface area contributed by atoms with Crippen molar-refractivity contribution in [1.29, 1.82) is 0 Å². The van der Waals surface area contributed by atoms with E-state index in [1.54, 1.807) is 37.0 Å². The molecule has 2 heterocycles. The molecule has 0 bridgehead atoms. The fraction of sp³-hybridized carbons (Fsp3) is 0.533. The Kier molecular flexibility index (Phi) is 4.41. The van der Waals surface area contributed by atoms with Crippen molar-refractivity contribution in [3.05, 3.63) is 39.7 Å². The monoisotopic (exact) mass is 337 g/mol. The van der Waals surface area contributed by atoms with Crippen molar-refractivity contribution in [2.24, 2.45) is 20.0 Å². The quantitative estimate of drug-likeness (QED) is 0.873. The third kappa shape index (κ3) is 3.11. The van der Waals surface area contributed by atoms with Crippen LogP contribution >= 0.6 is 11.6 Å². The Labute approximate surface area is 138 Å². The zero-order valence-corrected chi connectivity index (χ0v) is 13.9. The number of aliphatic hydroxyl groups excluding tert-OH is 1. The van der Waals surface area contributed by atoms with Crippen molar-refractivity contribution < 1.29 is 5.11 Å². The molecule has 0 spiro atoms. The summed E-state index contributed by atoms with van der Waals surface area (Å²) in [5.41, 5.74) is -0.142. The molecule has 8 heteroatoms. The maximum atomic E-state index is 11.8. The summed E-state index contributed by atoms with van der Waals surface area (Å²) in [5.74, 6) is 1.50. The molecular formula is C15H20ClN5O2. The van der Waals surface area contributed by atoms with E-state index >= 15 is 0 Å². The van der Waals surface area contributed by atoms with E-state index in [-0.39, 0.29) is 17.5 Å². The van der Waals surface area contributed by atoms with Crippen LogP contribution < -0.4 is 11.0 Å². The molecule has 0 unspecified atom stereocenters. The first-order chi connectivity index (χ1) is 11.0. The maximum Gasteiger partial charge on any atom is 0.345 e. The summed E-state index contributed by atoms with van der Waals surface area (Å²) in [6.45, 7) is 0.579. The van der Waals surface area contributed by atoms with Crippen LogP contribution in [0.15, 0.2) is 23.1 Å². The largest absolute Gasteiger partial charge is 0.393 e. The molecule has 7 nitrogen and oxygen atoms in total. The Bertz CT molecular complexity index is 757. The van der Waals surface area contributed by atoms with Crippen LogP contribution in [0, 0.1) is 5.92 Å². The van der Waals surface area contributed by atoms with Gasteiger partial charge in [-0.25, -0.2) is 14.5 Å². The highest BCUT2D eigenvalue weighted by Crippen LogP contribution is 2.37. The van der Waals surface area contributed by atoms with Crippen molar-refractivity contribution in [2.45, 2.75) is 24.9 Å². The summed E-state index contributed by atoms with van der Waals surface area (Å²) < 4.78 is 2.89. The fourth-order valence-corrected chi connectivity index (χ4v) is 3.40. The zero-order chi connectivity index (χ0) is 16.6. The Hall–Kier alpha value is -1.86. The first-order valence-corrected chi connectivity index (χ1v) is 7.97. The van der Waals surface area contributed by atoms with Gasteiger partial charge in [0.1, 0.15) is 11.6 Å². The van der Waals surface area contributed by atoms with E-state index < -0.39 is 6.10 Å². The molecule has 3 atom stereocenters. The minimum absolute atomic E-state index is 0.0650. The van der Waals surface area contributed by atoms with Gasteiger partial charge in [0.05, 0.1) is 11.1 Å². The van der Waals surface area contributed by atoms with Gasteiger partial charge in [0.2, 0.25) is 0 Å². The van der Waals surface area contributed by atoms with Gasteiger partial charge in [-0.2, -0.15) is 5.10 Å². The van der Waals surface area contributed by atoms with Crippen molar-refractivity contribution in [1.82, 2.24) is 19.3 Å². The predicted molar refractivity (Wildman–Crippen MR) is 87.7 cm³/mol. The van der Waals surface area contributed by atoms with E-state index in [9.17, 15) is 9.90 Å². The van der Waals surface area contributed by atoms with Crippen molar-refractivity contribution in [3.8, 4) is 0 Å². The maximum absolute atomic E-state index is 11.8. The molecule has 2 aromatic rings. The standard InChI is InChI=1S/C15H20ClN5O2/c1-20-14(19-21(2)15(20)23)9-6-10(12(22)7-9)8-18-13-11(16)4-3-5-17-13/h3-5,9-10,12,22H,6-8H2,1-2H3,(H,17,18)/t9-,10+,12+/m0/s1. The van der Waals surface area contributed by atoms with Crippen molar-refractivity contribution in [3.63, 3.8) is 0 Å². The van der Waals surface area contributed by atoms with Crippen LogP contribution in [0.2, 0.25) is 5.02 Å². The highest BCUT2D eigenvalue weighted by molar-refractivity contribution is 6.32. The number of rotatable bonds is 4. The summed E-state index contributed by atoms with van der Waals surface area (Å²) in [6, 6.07) is 3.55. The van der Waals surface area contributed by atoms with E-state index in [4.69, 9.17) is 11.6 Å². The Morgan fingerprint density at radius 2 is 2.22 bits per heavy atom. The molecule has 0 amide bonds. The number of aliphatic hydroxyl groups is 1. The smallest absolute Gasteiger partial charge is 0.345 e. The lowest BCUT2D eigenvalue weighted by Gasteiger charge is -2.15. The average molecular weight is 338 g/mol. The number of nitrogens with one attached hydrogen (secondary N) is 1. The first kappa shape index (κ1) is 16.0. The third-order valence-corrected chi connectivity index (χ3v) is 4.78. The van der Waals surface area contributed by atoms with E-state index in [2.05, 4.69) is 15.4 Å². The van der Waals surface area contributed by atoms with Gasteiger partial charge in [-0.15, -0.1) is 0 Å². The average Bonchev–Trinajstić information content (AvgIpc) is 3.01. The van der Waals surface area contributed by atoms with E-state index in [0.29, 0.717) is 23.8 Å². The molecule has 1 aliphatic carbocycles. The summed E-state index contributed by atoms with van der Waals surface area (Å²) in [4.78, 5) is 16.0. The second-order valence-electron chi connectivity index (χ2n) is 6.03. The van der Waals surface area contributed by atoms with Crippen LogP contribution in [0.4, 0.5) is 5.82 Å². The molecule has 0 saturated heterocycles. The highest BCUT2D eigenvalue weighted by atomic mass is 35.5. The zero-order valence-electron chi connectivity index (χ0n) is 13.1. The Morgan fingerprint density at radius 1 is 1.43 bits per heavy atom. The number of anilines is 1. The molecular weight excluding hydrogens is 318 g/mol. The van der Waals surface area contributed by atoms with Crippen LogP contribution in [-0.2, 0) is 14.1 Å². The number of pyridine rings is 1. The summed E-state index contributed by atoms with van der Waals surface area (Å²) in [6.07, 6.45) is 2.61. The van der Waals surface area contributed by atoms with Gasteiger partial charge in [-0.05, 0) is 25.0 Å². The van der Waals surface area contributed by atoms with E-state index in [0.717, 1.165) is 12.2 Å². The van der Waals surface area contributed by atoms with Gasteiger partial charge in [-0.3, -0.25) is 4.57 Å². The molecule has 0 radical (unpaired) electrons. The number of aryl methyl sites for hydroxylation is 1. The molecule has 3 rings (SSSR count). The lowest BCUT2D eigenvalue weighted by molar-refractivity contribution is 0.137. The van der Waals surface area contributed by atoms with Crippen molar-refractivity contribution >= 4 is 17.4 Å². The molecule has 2 N–H and O–H groups in total. The Balaban J connectivity index is 1.68.